The van der Waals surface area contributed by atoms with Crippen LogP contribution in [-0.4, -0.2) is 15.0 Å². The summed E-state index contributed by atoms with van der Waals surface area (Å²) in [6, 6.07) is 65.7. The summed E-state index contributed by atoms with van der Waals surface area (Å²) in [4.78, 5) is 15.5. The van der Waals surface area contributed by atoms with E-state index in [1.807, 2.05) is 12.1 Å². The van der Waals surface area contributed by atoms with Gasteiger partial charge in [0, 0.05) is 27.3 Å². The van der Waals surface area contributed by atoms with Gasteiger partial charge in [-0.05, 0) is 67.7 Å². The summed E-state index contributed by atoms with van der Waals surface area (Å²) in [5.74, 6) is 3.36. The Hall–Kier alpha value is -7.43. The van der Waals surface area contributed by atoms with E-state index in [9.17, 15) is 0 Å². The second-order valence-electron chi connectivity index (χ2n) is 14.0. The molecular formula is C51H31N3O. The number of hydrogen-bond donors (Lipinski definition) is 0. The van der Waals surface area contributed by atoms with Gasteiger partial charge in [0.05, 0.1) is 5.56 Å². The number of nitrogens with zero attached hydrogens (tertiary/aromatic N) is 3. The molecule has 1 aromatic heterocycles. The second kappa shape index (κ2) is 12.6. The van der Waals surface area contributed by atoms with E-state index >= 15 is 0 Å². The van der Waals surface area contributed by atoms with Gasteiger partial charge >= 0.3 is 0 Å². The summed E-state index contributed by atoms with van der Waals surface area (Å²) >= 11 is 0. The number of hydrogen-bond acceptors (Lipinski definition) is 4. The number of ether oxygens (including phenoxy) is 1. The van der Waals surface area contributed by atoms with Crippen LogP contribution in [0.4, 0.5) is 0 Å². The van der Waals surface area contributed by atoms with E-state index in [2.05, 4.69) is 176 Å². The molecule has 0 radical (unpaired) electrons. The van der Waals surface area contributed by atoms with E-state index in [4.69, 9.17) is 19.7 Å². The topological polar surface area (TPSA) is 47.9 Å². The lowest BCUT2D eigenvalue weighted by Gasteiger charge is -2.22. The van der Waals surface area contributed by atoms with Crippen LogP contribution in [0.3, 0.4) is 0 Å². The SMILES string of the molecule is c1ccc(-c2ccc(-c3cccc(-c4nc(-c5ccc(-c6ccccc6)cc5)nc(-c5ccc6ccc7ccc8cccc9c8c7c6c5O9)n4)c3)cc2)cc1. The Labute approximate surface area is 318 Å². The van der Waals surface area contributed by atoms with Crippen molar-refractivity contribution in [2.24, 2.45) is 0 Å². The minimum atomic E-state index is 0.560. The van der Waals surface area contributed by atoms with Crippen LogP contribution in [0, 0.1) is 0 Å². The van der Waals surface area contributed by atoms with Crippen LogP contribution < -0.4 is 4.74 Å². The van der Waals surface area contributed by atoms with Gasteiger partial charge in [0.1, 0.15) is 11.5 Å². The first kappa shape index (κ1) is 31.1. The minimum Gasteiger partial charge on any atom is -0.455 e. The van der Waals surface area contributed by atoms with Crippen molar-refractivity contribution in [2.45, 2.75) is 0 Å². The summed E-state index contributed by atoms with van der Waals surface area (Å²) in [6.45, 7) is 0. The fourth-order valence-corrected chi connectivity index (χ4v) is 7.94. The third kappa shape index (κ3) is 5.34. The minimum absolute atomic E-state index is 0.560. The second-order valence-corrected chi connectivity index (χ2v) is 14.0. The van der Waals surface area contributed by atoms with Gasteiger partial charge in [-0.2, -0.15) is 0 Å². The molecule has 0 N–H and O–H groups in total. The van der Waals surface area contributed by atoms with E-state index in [0.29, 0.717) is 17.5 Å². The highest BCUT2D eigenvalue weighted by Gasteiger charge is 2.24. The lowest BCUT2D eigenvalue weighted by molar-refractivity contribution is 0.494. The van der Waals surface area contributed by atoms with Gasteiger partial charge in [0.25, 0.3) is 0 Å². The predicted molar refractivity (Wildman–Crippen MR) is 225 cm³/mol. The quantitative estimate of drug-likeness (QED) is 0.162. The lowest BCUT2D eigenvalue weighted by Crippen LogP contribution is -2.03. The third-order valence-electron chi connectivity index (χ3n) is 10.7. The monoisotopic (exact) mass is 701 g/mol. The highest BCUT2D eigenvalue weighted by Crippen LogP contribution is 2.50. The zero-order valence-electron chi connectivity index (χ0n) is 29.6. The van der Waals surface area contributed by atoms with Crippen LogP contribution in [-0.2, 0) is 0 Å². The van der Waals surface area contributed by atoms with Crippen LogP contribution in [0.5, 0.6) is 11.5 Å². The summed E-state index contributed by atoms with van der Waals surface area (Å²) in [7, 11) is 0. The van der Waals surface area contributed by atoms with Crippen LogP contribution in [0.25, 0.3) is 99.9 Å². The van der Waals surface area contributed by atoms with Gasteiger partial charge < -0.3 is 4.74 Å². The molecule has 256 valence electrons. The molecule has 9 aromatic carbocycles. The third-order valence-corrected chi connectivity index (χ3v) is 10.7. The Balaban J connectivity index is 1.08. The molecule has 2 heterocycles. The molecule has 0 unspecified atom stereocenters. The van der Waals surface area contributed by atoms with Gasteiger partial charge in [-0.25, -0.2) is 15.0 Å². The Kier molecular flexibility index (Phi) is 7.14. The van der Waals surface area contributed by atoms with Crippen molar-refractivity contribution in [1.82, 2.24) is 15.0 Å². The van der Waals surface area contributed by atoms with Crippen molar-refractivity contribution in [1.29, 1.82) is 0 Å². The largest absolute Gasteiger partial charge is 0.455 e. The Morgan fingerprint density at radius 1 is 0.291 bits per heavy atom. The molecule has 0 saturated heterocycles. The number of benzene rings is 9. The van der Waals surface area contributed by atoms with Crippen molar-refractivity contribution in [2.75, 3.05) is 0 Å². The molecule has 0 aliphatic carbocycles. The molecule has 0 atom stereocenters. The molecule has 0 amide bonds. The van der Waals surface area contributed by atoms with E-state index in [1.54, 1.807) is 0 Å². The van der Waals surface area contributed by atoms with Gasteiger partial charge in [0.15, 0.2) is 17.5 Å². The molecule has 1 aliphatic rings. The van der Waals surface area contributed by atoms with Crippen molar-refractivity contribution in [3.63, 3.8) is 0 Å². The lowest BCUT2D eigenvalue weighted by atomic mass is 9.92. The van der Waals surface area contributed by atoms with Gasteiger partial charge in [-0.15, -0.1) is 0 Å². The van der Waals surface area contributed by atoms with E-state index < -0.39 is 0 Å². The molecule has 0 spiro atoms. The Morgan fingerprint density at radius 3 is 1.40 bits per heavy atom. The molecule has 11 rings (SSSR count). The van der Waals surface area contributed by atoms with Crippen molar-refractivity contribution in [3.05, 3.63) is 188 Å². The smallest absolute Gasteiger partial charge is 0.167 e. The highest BCUT2D eigenvalue weighted by atomic mass is 16.5. The Bertz CT molecular complexity index is 3080. The maximum absolute atomic E-state index is 6.84. The first-order valence-corrected chi connectivity index (χ1v) is 18.5. The molecule has 0 bridgehead atoms. The summed E-state index contributed by atoms with van der Waals surface area (Å²) in [5.41, 5.74) is 9.52. The predicted octanol–water partition coefficient (Wildman–Crippen LogP) is 13.4. The van der Waals surface area contributed by atoms with Crippen molar-refractivity contribution in [3.8, 4) is 79.0 Å². The van der Waals surface area contributed by atoms with E-state index in [0.717, 1.165) is 72.0 Å². The van der Waals surface area contributed by atoms with Gasteiger partial charge in [0.2, 0.25) is 0 Å². The average Bonchev–Trinajstić information content (AvgIpc) is 3.27. The standard InChI is InChI=1S/C51H31N3O/c1-3-9-32(10-4-1)34-17-19-36(20-18-34)41-14-7-15-42(31-41)50-52-49(40-27-21-35(22-28-40)33-11-5-2-6-12-33)53-51(54-50)43-30-29-39-26-25-38-24-23-37-13-8-16-44-45(37)46(38)47(39)48(43)55-44/h1-31H. The summed E-state index contributed by atoms with van der Waals surface area (Å²) in [5, 5.41) is 6.87. The Morgan fingerprint density at radius 2 is 0.745 bits per heavy atom. The molecule has 0 saturated carbocycles. The van der Waals surface area contributed by atoms with Gasteiger partial charge in [-0.1, -0.05) is 170 Å². The fraction of sp³-hybridized carbons (Fsp3) is 0. The maximum atomic E-state index is 6.84. The first-order valence-electron chi connectivity index (χ1n) is 18.5. The van der Waals surface area contributed by atoms with Crippen LogP contribution in [0.1, 0.15) is 0 Å². The molecule has 1 aliphatic heterocycles. The molecular weight excluding hydrogens is 671 g/mol. The highest BCUT2D eigenvalue weighted by molar-refractivity contribution is 6.26. The zero-order valence-corrected chi connectivity index (χ0v) is 29.6. The van der Waals surface area contributed by atoms with Crippen molar-refractivity contribution < 1.29 is 4.74 Å². The number of aromatic nitrogens is 3. The molecule has 0 fully saturated rings. The molecule has 4 nitrogen and oxygen atoms in total. The maximum Gasteiger partial charge on any atom is 0.167 e. The van der Waals surface area contributed by atoms with Crippen LogP contribution >= 0.6 is 0 Å². The molecule has 4 heteroatoms. The summed E-state index contributed by atoms with van der Waals surface area (Å²) < 4.78 is 6.84. The van der Waals surface area contributed by atoms with E-state index in [-0.39, 0.29) is 0 Å². The zero-order chi connectivity index (χ0) is 36.3. The number of rotatable bonds is 6. The van der Waals surface area contributed by atoms with Gasteiger partial charge in [-0.3, -0.25) is 0 Å². The van der Waals surface area contributed by atoms with Crippen LogP contribution in [0.2, 0.25) is 0 Å². The fourth-order valence-electron chi connectivity index (χ4n) is 7.94. The summed E-state index contributed by atoms with van der Waals surface area (Å²) in [6.07, 6.45) is 0. The molecule has 10 aromatic rings. The first-order chi connectivity index (χ1) is 27.2. The van der Waals surface area contributed by atoms with E-state index in [1.165, 1.54) is 21.9 Å². The van der Waals surface area contributed by atoms with Crippen LogP contribution in [0.15, 0.2) is 188 Å². The molecule has 55 heavy (non-hydrogen) atoms. The normalized spacial score (nSPS) is 11.8. The average molecular weight is 702 g/mol. The van der Waals surface area contributed by atoms with Crippen molar-refractivity contribution >= 4 is 32.3 Å².